The summed E-state index contributed by atoms with van der Waals surface area (Å²) in [5, 5.41) is 1.71. The van der Waals surface area contributed by atoms with Crippen molar-refractivity contribution in [1.29, 1.82) is 0 Å². The average Bonchev–Trinajstić information content (AvgIpc) is 2.52. The van der Waals surface area contributed by atoms with E-state index in [4.69, 9.17) is 4.74 Å². The lowest BCUT2D eigenvalue weighted by atomic mass is 9.97. The molecule has 0 aliphatic rings. The third kappa shape index (κ3) is 7.13. The molecule has 1 aromatic carbocycles. The molecule has 0 aromatic heterocycles. The molecule has 2 unspecified atom stereocenters. The lowest BCUT2D eigenvalue weighted by Crippen LogP contribution is -2.51. The van der Waals surface area contributed by atoms with Crippen LogP contribution in [0.4, 0.5) is 13.2 Å². The van der Waals surface area contributed by atoms with Crippen LogP contribution in [0.3, 0.4) is 0 Å². The molecule has 4 nitrogen and oxygen atoms in total. The second-order valence-corrected chi connectivity index (χ2v) is 6.57. The molecular weight excluding hydrogens is 347 g/mol. The molecule has 1 N–H and O–H groups in total. The molecule has 142 valence electrons. The van der Waals surface area contributed by atoms with E-state index in [-0.39, 0.29) is 0 Å². The van der Waals surface area contributed by atoms with Crippen molar-refractivity contribution in [3.63, 3.8) is 0 Å². The van der Waals surface area contributed by atoms with Crippen molar-refractivity contribution in [2.75, 3.05) is 0 Å². The number of carbonyl (C=O) groups excluding carboxylic acids is 2. The topological polar surface area (TPSA) is 55.4 Å². The van der Waals surface area contributed by atoms with Gasteiger partial charge in [-0.25, -0.2) is 4.79 Å². The zero-order chi connectivity index (χ0) is 20.0. The van der Waals surface area contributed by atoms with E-state index in [2.05, 4.69) is 6.58 Å². The highest BCUT2D eigenvalue weighted by molar-refractivity contribution is 5.88. The number of esters is 1. The van der Waals surface area contributed by atoms with E-state index in [1.165, 1.54) is 12.2 Å². The minimum Gasteiger partial charge on any atom is -0.458 e. The summed E-state index contributed by atoms with van der Waals surface area (Å²) in [6.45, 7) is 8.29. The van der Waals surface area contributed by atoms with Crippen molar-refractivity contribution in [2.24, 2.45) is 5.92 Å². The van der Waals surface area contributed by atoms with Crippen LogP contribution in [-0.2, 0) is 14.3 Å². The van der Waals surface area contributed by atoms with Gasteiger partial charge in [-0.3, -0.25) is 4.79 Å². The third-order valence-corrected chi connectivity index (χ3v) is 3.17. The monoisotopic (exact) mass is 369 g/mol. The van der Waals surface area contributed by atoms with Gasteiger partial charge in [0, 0.05) is 5.92 Å². The fraction of sp³-hybridized carbons (Fsp3) is 0.368. The smallest absolute Gasteiger partial charge is 0.458 e. The highest BCUT2D eigenvalue weighted by atomic mass is 19.4. The lowest BCUT2D eigenvalue weighted by molar-refractivity contribution is -0.177. The predicted octanol–water partition coefficient (Wildman–Crippen LogP) is 3.89. The summed E-state index contributed by atoms with van der Waals surface area (Å²) in [5.74, 6) is -4.08. The van der Waals surface area contributed by atoms with Crippen LogP contribution in [0.15, 0.2) is 49.1 Å². The van der Waals surface area contributed by atoms with Gasteiger partial charge in [-0.1, -0.05) is 48.6 Å². The molecule has 0 fully saturated rings. The van der Waals surface area contributed by atoms with E-state index in [9.17, 15) is 22.8 Å². The van der Waals surface area contributed by atoms with Crippen LogP contribution in [0, 0.1) is 5.92 Å². The molecule has 0 saturated heterocycles. The van der Waals surface area contributed by atoms with Crippen molar-refractivity contribution in [3.05, 3.63) is 54.6 Å². The Hall–Kier alpha value is -2.57. The van der Waals surface area contributed by atoms with Gasteiger partial charge in [-0.2, -0.15) is 13.2 Å². The quantitative estimate of drug-likeness (QED) is 0.611. The second-order valence-electron chi connectivity index (χ2n) is 6.57. The number of benzene rings is 1. The van der Waals surface area contributed by atoms with Gasteiger partial charge in [0.15, 0.2) is 0 Å². The van der Waals surface area contributed by atoms with Crippen LogP contribution in [-0.4, -0.2) is 29.7 Å². The Labute approximate surface area is 150 Å². The number of hydrogen-bond donors (Lipinski definition) is 1. The summed E-state index contributed by atoms with van der Waals surface area (Å²) in [4.78, 5) is 23.7. The Balaban J connectivity index is 3.10. The number of rotatable bonds is 6. The number of alkyl halides is 3. The van der Waals surface area contributed by atoms with Crippen LogP contribution in [0.25, 0.3) is 6.08 Å². The number of ether oxygens (including phenoxy) is 1. The Morgan fingerprint density at radius 3 is 2.19 bits per heavy atom. The number of amides is 1. The van der Waals surface area contributed by atoms with Crippen LogP contribution >= 0.6 is 0 Å². The number of halogens is 3. The zero-order valence-electron chi connectivity index (χ0n) is 14.8. The molecule has 0 saturated carbocycles. The van der Waals surface area contributed by atoms with E-state index in [0.29, 0.717) is 0 Å². The van der Waals surface area contributed by atoms with E-state index < -0.39 is 35.6 Å². The first-order valence-corrected chi connectivity index (χ1v) is 7.90. The first-order valence-electron chi connectivity index (χ1n) is 7.90. The summed E-state index contributed by atoms with van der Waals surface area (Å²) >= 11 is 0. The van der Waals surface area contributed by atoms with Gasteiger partial charge in [-0.15, -0.1) is 6.58 Å². The first-order chi connectivity index (χ1) is 11.9. The van der Waals surface area contributed by atoms with Gasteiger partial charge in [0.05, 0.1) is 0 Å². The highest BCUT2D eigenvalue weighted by Gasteiger charge is 2.42. The van der Waals surface area contributed by atoms with Crippen LogP contribution in [0.5, 0.6) is 0 Å². The summed E-state index contributed by atoms with van der Waals surface area (Å²) in [6.07, 6.45) is -0.711. The molecule has 1 amide bonds. The SMILES string of the molecule is C=CC(/C=C/c1ccccc1)C(NC(=O)C(F)(F)F)C(=O)OC(C)(C)C. The van der Waals surface area contributed by atoms with Crippen LogP contribution < -0.4 is 5.32 Å². The van der Waals surface area contributed by atoms with Crippen molar-refractivity contribution in [2.45, 2.75) is 38.6 Å². The maximum atomic E-state index is 12.6. The summed E-state index contributed by atoms with van der Waals surface area (Å²) in [6, 6.07) is 7.41. The van der Waals surface area contributed by atoms with Crippen LogP contribution in [0.2, 0.25) is 0 Å². The van der Waals surface area contributed by atoms with Gasteiger partial charge in [0.1, 0.15) is 11.6 Å². The minimum atomic E-state index is -5.12. The molecule has 1 aromatic rings. The van der Waals surface area contributed by atoms with E-state index in [1.54, 1.807) is 56.4 Å². The molecule has 0 aliphatic heterocycles. The number of nitrogens with one attached hydrogen (secondary N) is 1. The largest absolute Gasteiger partial charge is 0.471 e. The van der Waals surface area contributed by atoms with Gasteiger partial charge >= 0.3 is 18.1 Å². The third-order valence-electron chi connectivity index (χ3n) is 3.17. The molecule has 0 aliphatic carbocycles. The molecule has 0 heterocycles. The van der Waals surface area contributed by atoms with E-state index in [1.807, 2.05) is 6.07 Å². The standard InChI is InChI=1S/C19H22F3NO3/c1-5-14(12-11-13-9-7-6-8-10-13)15(16(24)26-18(2,3)4)23-17(25)19(20,21)22/h5-12,14-15H,1H2,2-4H3,(H,23,25)/b12-11+. The van der Waals surface area contributed by atoms with Gasteiger partial charge < -0.3 is 10.1 Å². The first kappa shape index (κ1) is 21.5. The summed E-state index contributed by atoms with van der Waals surface area (Å²) < 4.78 is 43.0. The zero-order valence-corrected chi connectivity index (χ0v) is 14.8. The van der Waals surface area contributed by atoms with Crippen LogP contribution in [0.1, 0.15) is 26.3 Å². The average molecular weight is 369 g/mol. The summed E-state index contributed by atoms with van der Waals surface area (Å²) in [5.41, 5.74) is -0.142. The molecule has 0 bridgehead atoms. The fourth-order valence-electron chi connectivity index (χ4n) is 2.01. The Morgan fingerprint density at radius 2 is 1.73 bits per heavy atom. The Bertz CT molecular complexity index is 661. The fourth-order valence-corrected chi connectivity index (χ4v) is 2.01. The second kappa shape index (κ2) is 8.69. The molecule has 1 rings (SSSR count). The van der Waals surface area contributed by atoms with Crippen molar-refractivity contribution in [1.82, 2.24) is 5.32 Å². The molecule has 0 radical (unpaired) electrons. The van der Waals surface area contributed by atoms with E-state index >= 15 is 0 Å². The maximum Gasteiger partial charge on any atom is 0.471 e. The van der Waals surface area contributed by atoms with Crippen molar-refractivity contribution in [3.8, 4) is 0 Å². The maximum absolute atomic E-state index is 12.6. The highest BCUT2D eigenvalue weighted by Crippen LogP contribution is 2.20. The number of hydrogen-bond acceptors (Lipinski definition) is 3. The van der Waals surface area contributed by atoms with Gasteiger partial charge in [0.25, 0.3) is 0 Å². The number of carbonyl (C=O) groups is 2. The van der Waals surface area contributed by atoms with Gasteiger partial charge in [-0.05, 0) is 26.3 Å². The normalized spacial score (nSPS) is 14.5. The molecule has 0 spiro atoms. The predicted molar refractivity (Wildman–Crippen MR) is 93.0 cm³/mol. The van der Waals surface area contributed by atoms with Gasteiger partial charge in [0.2, 0.25) is 0 Å². The molecule has 7 heteroatoms. The van der Waals surface area contributed by atoms with E-state index in [0.717, 1.165) is 5.56 Å². The minimum absolute atomic E-state index is 0.782. The molecular formula is C19H22F3NO3. The Morgan fingerprint density at radius 1 is 1.15 bits per heavy atom. The lowest BCUT2D eigenvalue weighted by Gasteiger charge is -2.27. The van der Waals surface area contributed by atoms with Crippen molar-refractivity contribution >= 4 is 18.0 Å². The summed E-state index contributed by atoms with van der Waals surface area (Å²) in [7, 11) is 0. The molecule has 2 atom stereocenters. The molecule has 26 heavy (non-hydrogen) atoms. The van der Waals surface area contributed by atoms with Crippen molar-refractivity contribution < 1.29 is 27.5 Å². The Kier molecular flexibility index (Phi) is 7.18.